The van der Waals surface area contributed by atoms with E-state index in [0.717, 1.165) is 17.1 Å². The zero-order valence-corrected chi connectivity index (χ0v) is 9.85. The Morgan fingerprint density at radius 1 is 1.21 bits per heavy atom. The number of aromatic amines is 1. The monoisotopic (exact) mass is 255 g/mol. The molecule has 0 spiro atoms. The molecule has 19 heavy (non-hydrogen) atoms. The third kappa shape index (κ3) is 1.95. The van der Waals surface area contributed by atoms with Gasteiger partial charge in [-0.1, -0.05) is 12.1 Å². The molecule has 1 amide bonds. The van der Waals surface area contributed by atoms with E-state index in [1.54, 1.807) is 0 Å². The van der Waals surface area contributed by atoms with Crippen LogP contribution in [0.1, 0.15) is 10.4 Å². The summed E-state index contributed by atoms with van der Waals surface area (Å²) < 4.78 is 14.0. The molecule has 0 saturated carbocycles. The van der Waals surface area contributed by atoms with Gasteiger partial charge in [-0.15, -0.1) is 0 Å². The SMILES string of the molecule is NC(=O)c1ccc(-c2nc3ccccc3[nH]2)c(F)c1. The van der Waals surface area contributed by atoms with Crippen LogP contribution in [0.3, 0.4) is 0 Å². The first kappa shape index (κ1) is 11.4. The summed E-state index contributed by atoms with van der Waals surface area (Å²) in [6.45, 7) is 0. The van der Waals surface area contributed by atoms with Crippen LogP contribution in [0.2, 0.25) is 0 Å². The number of nitrogens with zero attached hydrogens (tertiary/aromatic N) is 1. The molecule has 0 aliphatic heterocycles. The van der Waals surface area contributed by atoms with Gasteiger partial charge in [-0.05, 0) is 30.3 Å². The summed E-state index contributed by atoms with van der Waals surface area (Å²) in [5.41, 5.74) is 7.14. The van der Waals surface area contributed by atoms with Crippen LogP contribution in [0.25, 0.3) is 22.4 Å². The maximum atomic E-state index is 14.0. The second-order valence-corrected chi connectivity index (χ2v) is 4.16. The van der Waals surface area contributed by atoms with Crippen LogP contribution >= 0.6 is 0 Å². The fraction of sp³-hybridized carbons (Fsp3) is 0. The summed E-state index contributed by atoms with van der Waals surface area (Å²) in [4.78, 5) is 18.3. The molecule has 0 bridgehead atoms. The van der Waals surface area contributed by atoms with Gasteiger partial charge in [0.05, 0.1) is 16.6 Å². The van der Waals surface area contributed by atoms with Gasteiger partial charge in [-0.25, -0.2) is 9.37 Å². The molecule has 0 aliphatic carbocycles. The minimum atomic E-state index is -0.657. The lowest BCUT2D eigenvalue weighted by atomic mass is 10.1. The topological polar surface area (TPSA) is 71.8 Å². The first-order valence-electron chi connectivity index (χ1n) is 5.69. The number of carbonyl (C=O) groups excluding carboxylic acids is 1. The average Bonchev–Trinajstić information content (AvgIpc) is 2.81. The Kier molecular flexibility index (Phi) is 2.52. The van der Waals surface area contributed by atoms with Gasteiger partial charge in [0, 0.05) is 5.56 Å². The molecule has 2 aromatic carbocycles. The number of nitrogens with one attached hydrogen (secondary N) is 1. The lowest BCUT2D eigenvalue weighted by Crippen LogP contribution is -2.11. The van der Waals surface area contributed by atoms with Crippen molar-refractivity contribution in [3.8, 4) is 11.4 Å². The van der Waals surface area contributed by atoms with Crippen molar-refractivity contribution in [2.45, 2.75) is 0 Å². The van der Waals surface area contributed by atoms with Gasteiger partial charge in [0.15, 0.2) is 0 Å². The summed E-state index contributed by atoms with van der Waals surface area (Å²) in [6.07, 6.45) is 0. The van der Waals surface area contributed by atoms with Crippen molar-refractivity contribution >= 4 is 16.9 Å². The second kappa shape index (κ2) is 4.20. The molecule has 0 fully saturated rings. The smallest absolute Gasteiger partial charge is 0.248 e. The highest BCUT2D eigenvalue weighted by Crippen LogP contribution is 2.23. The predicted octanol–water partition coefficient (Wildman–Crippen LogP) is 2.47. The van der Waals surface area contributed by atoms with Crippen molar-refractivity contribution in [2.24, 2.45) is 5.73 Å². The van der Waals surface area contributed by atoms with E-state index < -0.39 is 11.7 Å². The largest absolute Gasteiger partial charge is 0.366 e. The van der Waals surface area contributed by atoms with Crippen LogP contribution in [0, 0.1) is 5.82 Å². The Morgan fingerprint density at radius 3 is 2.68 bits per heavy atom. The number of halogens is 1. The molecule has 0 aliphatic rings. The Bertz CT molecular complexity index is 746. The Labute approximate surface area is 108 Å². The minimum Gasteiger partial charge on any atom is -0.366 e. The van der Waals surface area contributed by atoms with Crippen molar-refractivity contribution in [2.75, 3.05) is 0 Å². The molecule has 5 heteroatoms. The van der Waals surface area contributed by atoms with Gasteiger partial charge in [0.1, 0.15) is 11.6 Å². The second-order valence-electron chi connectivity index (χ2n) is 4.16. The van der Waals surface area contributed by atoms with E-state index in [1.807, 2.05) is 24.3 Å². The maximum Gasteiger partial charge on any atom is 0.248 e. The van der Waals surface area contributed by atoms with Gasteiger partial charge in [0.25, 0.3) is 0 Å². The number of nitrogens with two attached hydrogens (primary N) is 1. The number of H-pyrrole nitrogens is 1. The van der Waals surface area contributed by atoms with Crippen LogP contribution in [0.5, 0.6) is 0 Å². The summed E-state index contributed by atoms with van der Waals surface area (Å²) in [7, 11) is 0. The Hall–Kier alpha value is -2.69. The number of imidazole rings is 1. The number of aromatic nitrogens is 2. The number of hydrogen-bond acceptors (Lipinski definition) is 2. The lowest BCUT2D eigenvalue weighted by Gasteiger charge is -2.01. The molecule has 0 radical (unpaired) electrons. The number of amides is 1. The van der Waals surface area contributed by atoms with Crippen molar-refractivity contribution in [3.63, 3.8) is 0 Å². The van der Waals surface area contributed by atoms with Crippen molar-refractivity contribution in [3.05, 3.63) is 53.8 Å². The predicted molar refractivity (Wildman–Crippen MR) is 70.0 cm³/mol. The molecule has 1 heterocycles. The minimum absolute atomic E-state index is 0.136. The zero-order chi connectivity index (χ0) is 13.4. The van der Waals surface area contributed by atoms with Gasteiger partial charge in [0.2, 0.25) is 5.91 Å². The first-order chi connectivity index (χ1) is 9.15. The highest BCUT2D eigenvalue weighted by atomic mass is 19.1. The first-order valence-corrected chi connectivity index (χ1v) is 5.69. The van der Waals surface area contributed by atoms with Gasteiger partial charge < -0.3 is 10.7 Å². The Balaban J connectivity index is 2.13. The van der Waals surface area contributed by atoms with Crippen LogP contribution in [-0.2, 0) is 0 Å². The molecule has 94 valence electrons. The molecular formula is C14H10FN3O. The standard InChI is InChI=1S/C14H10FN3O/c15-10-7-8(13(16)19)5-6-9(10)14-17-11-3-1-2-4-12(11)18-14/h1-7H,(H2,16,19)(H,17,18). The molecular weight excluding hydrogens is 245 g/mol. The van der Waals surface area contributed by atoms with Crippen LogP contribution in [0.15, 0.2) is 42.5 Å². The number of fused-ring (bicyclic) bond motifs is 1. The van der Waals surface area contributed by atoms with E-state index in [-0.39, 0.29) is 5.56 Å². The van der Waals surface area contributed by atoms with Crippen LogP contribution in [-0.4, -0.2) is 15.9 Å². The molecule has 0 unspecified atom stereocenters. The number of benzene rings is 2. The lowest BCUT2D eigenvalue weighted by molar-refractivity contribution is 0.1000. The quantitative estimate of drug-likeness (QED) is 0.738. The fourth-order valence-corrected chi connectivity index (χ4v) is 1.94. The third-order valence-corrected chi connectivity index (χ3v) is 2.90. The van der Waals surface area contributed by atoms with E-state index in [9.17, 15) is 9.18 Å². The van der Waals surface area contributed by atoms with Gasteiger partial charge >= 0.3 is 0 Å². The van der Waals surface area contributed by atoms with Crippen molar-refractivity contribution in [1.82, 2.24) is 9.97 Å². The van der Waals surface area contributed by atoms with Crippen molar-refractivity contribution < 1.29 is 9.18 Å². The molecule has 3 aromatic rings. The third-order valence-electron chi connectivity index (χ3n) is 2.90. The number of carbonyl (C=O) groups is 1. The number of primary amides is 1. The number of hydrogen-bond donors (Lipinski definition) is 2. The van der Waals surface area contributed by atoms with E-state index in [0.29, 0.717) is 11.4 Å². The molecule has 0 saturated heterocycles. The molecule has 4 nitrogen and oxygen atoms in total. The normalized spacial score (nSPS) is 10.8. The molecule has 3 rings (SSSR count). The molecule has 0 atom stereocenters. The average molecular weight is 255 g/mol. The van der Waals surface area contributed by atoms with E-state index in [2.05, 4.69) is 9.97 Å². The zero-order valence-electron chi connectivity index (χ0n) is 9.85. The van der Waals surface area contributed by atoms with E-state index in [4.69, 9.17) is 5.73 Å². The van der Waals surface area contributed by atoms with E-state index in [1.165, 1.54) is 12.1 Å². The Morgan fingerprint density at radius 2 is 2.00 bits per heavy atom. The summed E-state index contributed by atoms with van der Waals surface area (Å²) in [6, 6.07) is 11.5. The summed E-state index contributed by atoms with van der Waals surface area (Å²) in [5, 5.41) is 0. The number of para-hydroxylation sites is 2. The summed E-state index contributed by atoms with van der Waals surface area (Å²) >= 11 is 0. The number of rotatable bonds is 2. The van der Waals surface area contributed by atoms with Gasteiger partial charge in [-0.2, -0.15) is 0 Å². The van der Waals surface area contributed by atoms with Crippen LogP contribution in [0.4, 0.5) is 4.39 Å². The maximum absolute atomic E-state index is 14.0. The molecule has 3 N–H and O–H groups in total. The summed E-state index contributed by atoms with van der Waals surface area (Å²) in [5.74, 6) is -0.764. The molecule has 1 aromatic heterocycles. The fourth-order valence-electron chi connectivity index (χ4n) is 1.94. The highest BCUT2D eigenvalue weighted by molar-refractivity contribution is 5.93. The van der Waals surface area contributed by atoms with Crippen LogP contribution < -0.4 is 5.73 Å². The highest BCUT2D eigenvalue weighted by Gasteiger charge is 2.12. The van der Waals surface area contributed by atoms with Gasteiger partial charge in [-0.3, -0.25) is 4.79 Å². The van der Waals surface area contributed by atoms with Crippen molar-refractivity contribution in [1.29, 1.82) is 0 Å². The van der Waals surface area contributed by atoms with E-state index >= 15 is 0 Å².